The number of rotatable bonds is 1. The molecule has 0 aliphatic carbocycles. The van der Waals surface area contributed by atoms with Gasteiger partial charge in [0.2, 0.25) is 0 Å². The number of amides is 2. The lowest BCUT2D eigenvalue weighted by molar-refractivity contribution is 0.0564. The van der Waals surface area contributed by atoms with E-state index in [-0.39, 0.29) is 6.03 Å². The van der Waals surface area contributed by atoms with Gasteiger partial charge in [0.1, 0.15) is 0 Å². The van der Waals surface area contributed by atoms with Crippen molar-refractivity contribution in [3.8, 4) is 0 Å². The molecule has 1 N–H and O–H groups in total. The summed E-state index contributed by atoms with van der Waals surface area (Å²) >= 11 is 15.3. The predicted octanol–water partition coefficient (Wildman–Crippen LogP) is 3.62. The maximum Gasteiger partial charge on any atom is 0.322 e. The Morgan fingerprint density at radius 2 is 1.94 bits per heavy atom. The van der Waals surface area contributed by atoms with Crippen LogP contribution in [0.25, 0.3) is 0 Å². The fourth-order valence-corrected chi connectivity index (χ4v) is 2.40. The van der Waals surface area contributed by atoms with Crippen LogP contribution in [0.1, 0.15) is 0 Å². The highest BCUT2D eigenvalue weighted by Crippen LogP contribution is 2.35. The standard InChI is InChI=1S/C11H11BrCl2N2O2/c12-7-1-2-8(10(14)9(7)13)15-11(17)16-3-5-18-6-4-16/h1-2H,3-6H2,(H,15,17). The Bertz CT molecular complexity index is 465. The van der Waals surface area contributed by atoms with Crippen LogP contribution in [0.5, 0.6) is 0 Å². The van der Waals surface area contributed by atoms with Gasteiger partial charge in [0.05, 0.1) is 28.9 Å². The summed E-state index contributed by atoms with van der Waals surface area (Å²) in [6.45, 7) is 2.27. The molecule has 18 heavy (non-hydrogen) atoms. The monoisotopic (exact) mass is 352 g/mol. The molecule has 1 saturated heterocycles. The van der Waals surface area contributed by atoms with Crippen LogP contribution < -0.4 is 5.32 Å². The molecule has 1 aromatic rings. The Hall–Kier alpha value is -0.490. The van der Waals surface area contributed by atoms with E-state index >= 15 is 0 Å². The Morgan fingerprint density at radius 1 is 1.28 bits per heavy atom. The zero-order valence-electron chi connectivity index (χ0n) is 9.38. The summed E-state index contributed by atoms with van der Waals surface area (Å²) in [6.07, 6.45) is 0. The van der Waals surface area contributed by atoms with Gasteiger partial charge in [-0.3, -0.25) is 0 Å². The summed E-state index contributed by atoms with van der Waals surface area (Å²) in [5.41, 5.74) is 0.501. The molecule has 0 spiro atoms. The summed E-state index contributed by atoms with van der Waals surface area (Å²) in [5.74, 6) is 0. The largest absolute Gasteiger partial charge is 0.378 e. The van der Waals surface area contributed by atoms with Crippen molar-refractivity contribution in [1.29, 1.82) is 0 Å². The lowest BCUT2D eigenvalue weighted by Gasteiger charge is -2.27. The highest BCUT2D eigenvalue weighted by atomic mass is 79.9. The number of hydrogen-bond acceptors (Lipinski definition) is 2. The number of nitrogens with one attached hydrogen (secondary N) is 1. The molecule has 1 aliphatic heterocycles. The van der Waals surface area contributed by atoms with Crippen LogP contribution in [0.15, 0.2) is 16.6 Å². The third-order valence-electron chi connectivity index (χ3n) is 2.58. The molecule has 4 nitrogen and oxygen atoms in total. The van der Waals surface area contributed by atoms with E-state index in [1.807, 2.05) is 0 Å². The second kappa shape index (κ2) is 6.10. The van der Waals surface area contributed by atoms with E-state index in [9.17, 15) is 4.79 Å². The summed E-state index contributed by atoms with van der Waals surface area (Å²) < 4.78 is 5.88. The van der Waals surface area contributed by atoms with Crippen molar-refractivity contribution in [2.75, 3.05) is 31.6 Å². The van der Waals surface area contributed by atoms with Crippen LogP contribution >= 0.6 is 39.1 Å². The summed E-state index contributed by atoms with van der Waals surface area (Å²) in [4.78, 5) is 13.6. The van der Waals surface area contributed by atoms with Gasteiger partial charge < -0.3 is 15.0 Å². The van der Waals surface area contributed by atoms with E-state index in [1.54, 1.807) is 17.0 Å². The number of morpholine rings is 1. The minimum Gasteiger partial charge on any atom is -0.378 e. The number of urea groups is 1. The van der Waals surface area contributed by atoms with Gasteiger partial charge >= 0.3 is 6.03 Å². The molecule has 0 saturated carbocycles. The highest BCUT2D eigenvalue weighted by Gasteiger charge is 2.18. The lowest BCUT2D eigenvalue weighted by Crippen LogP contribution is -2.43. The van der Waals surface area contributed by atoms with Crippen LogP contribution in [0.2, 0.25) is 10.0 Å². The molecular weight excluding hydrogens is 343 g/mol. The van der Waals surface area contributed by atoms with Crippen LogP contribution in [0, 0.1) is 0 Å². The third kappa shape index (κ3) is 3.09. The fraction of sp³-hybridized carbons (Fsp3) is 0.364. The molecule has 0 unspecified atom stereocenters. The second-order valence-electron chi connectivity index (χ2n) is 3.75. The molecule has 98 valence electrons. The molecule has 1 aromatic carbocycles. The van der Waals surface area contributed by atoms with Crippen molar-refractivity contribution in [3.63, 3.8) is 0 Å². The van der Waals surface area contributed by atoms with Crippen LogP contribution in [-0.2, 0) is 4.74 Å². The Labute approximate surface area is 123 Å². The van der Waals surface area contributed by atoms with Crippen LogP contribution in [0.4, 0.5) is 10.5 Å². The van der Waals surface area contributed by atoms with Crippen molar-refractivity contribution in [2.24, 2.45) is 0 Å². The van der Waals surface area contributed by atoms with Gasteiger partial charge in [0.15, 0.2) is 0 Å². The van der Waals surface area contributed by atoms with Crippen molar-refractivity contribution in [1.82, 2.24) is 4.90 Å². The first kappa shape index (κ1) is 13.9. The Balaban J connectivity index is 2.09. The first-order chi connectivity index (χ1) is 8.59. The lowest BCUT2D eigenvalue weighted by atomic mass is 10.3. The second-order valence-corrected chi connectivity index (χ2v) is 5.36. The SMILES string of the molecule is O=C(Nc1ccc(Br)c(Cl)c1Cl)N1CCOCC1. The minimum absolute atomic E-state index is 0.196. The van der Waals surface area contributed by atoms with Crippen LogP contribution in [0.3, 0.4) is 0 Å². The molecule has 0 aromatic heterocycles. The summed E-state index contributed by atoms with van der Waals surface area (Å²) in [6, 6.07) is 3.25. The molecule has 0 bridgehead atoms. The van der Waals surface area contributed by atoms with E-state index in [2.05, 4.69) is 21.2 Å². The van der Waals surface area contributed by atoms with Gasteiger partial charge in [-0.25, -0.2) is 4.79 Å². The predicted molar refractivity (Wildman–Crippen MR) is 75.6 cm³/mol. The van der Waals surface area contributed by atoms with Crippen molar-refractivity contribution in [2.45, 2.75) is 0 Å². The smallest absolute Gasteiger partial charge is 0.322 e. The van der Waals surface area contributed by atoms with E-state index in [1.165, 1.54) is 0 Å². The maximum atomic E-state index is 12.0. The molecule has 1 heterocycles. The number of hydrogen-bond donors (Lipinski definition) is 1. The zero-order chi connectivity index (χ0) is 13.1. The Morgan fingerprint density at radius 3 is 2.61 bits per heavy atom. The molecule has 7 heteroatoms. The number of carbonyl (C=O) groups excluding carboxylic acids is 1. The molecule has 1 fully saturated rings. The van der Waals surface area contributed by atoms with E-state index < -0.39 is 0 Å². The van der Waals surface area contributed by atoms with Crippen molar-refractivity contribution < 1.29 is 9.53 Å². The fourth-order valence-electron chi connectivity index (χ4n) is 1.58. The number of anilines is 1. The number of carbonyl (C=O) groups is 1. The number of nitrogens with zero attached hydrogens (tertiary/aromatic N) is 1. The molecule has 2 amide bonds. The third-order valence-corrected chi connectivity index (χ3v) is 4.35. The van der Waals surface area contributed by atoms with Gasteiger partial charge in [-0.1, -0.05) is 23.2 Å². The quantitative estimate of drug-likeness (QED) is 0.783. The van der Waals surface area contributed by atoms with E-state index in [4.69, 9.17) is 27.9 Å². The van der Waals surface area contributed by atoms with Gasteiger partial charge in [0, 0.05) is 17.6 Å². The first-order valence-electron chi connectivity index (χ1n) is 5.37. The Kier molecular flexibility index (Phi) is 4.72. The van der Waals surface area contributed by atoms with Gasteiger partial charge in [-0.05, 0) is 28.1 Å². The molecule has 2 rings (SSSR count). The number of ether oxygens (including phenoxy) is 1. The van der Waals surface area contributed by atoms with E-state index in [0.29, 0.717) is 46.5 Å². The topological polar surface area (TPSA) is 41.6 Å². The zero-order valence-corrected chi connectivity index (χ0v) is 12.5. The average molecular weight is 354 g/mol. The molecule has 0 radical (unpaired) electrons. The molecule has 1 aliphatic rings. The first-order valence-corrected chi connectivity index (χ1v) is 6.91. The normalized spacial score (nSPS) is 15.6. The molecule has 0 atom stereocenters. The average Bonchev–Trinajstić information content (AvgIpc) is 2.40. The minimum atomic E-state index is -0.196. The number of halogens is 3. The van der Waals surface area contributed by atoms with Crippen molar-refractivity contribution >= 4 is 50.9 Å². The maximum absolute atomic E-state index is 12.0. The van der Waals surface area contributed by atoms with Crippen molar-refractivity contribution in [3.05, 3.63) is 26.7 Å². The molecular formula is C11H11BrCl2N2O2. The summed E-state index contributed by atoms with van der Waals surface area (Å²) in [5, 5.41) is 3.45. The van der Waals surface area contributed by atoms with Gasteiger partial charge in [-0.15, -0.1) is 0 Å². The van der Waals surface area contributed by atoms with Gasteiger partial charge in [0.25, 0.3) is 0 Å². The van der Waals surface area contributed by atoms with Crippen LogP contribution in [-0.4, -0.2) is 37.2 Å². The van der Waals surface area contributed by atoms with E-state index in [0.717, 1.165) is 0 Å². The van der Waals surface area contributed by atoms with Gasteiger partial charge in [-0.2, -0.15) is 0 Å². The number of benzene rings is 1. The summed E-state index contributed by atoms with van der Waals surface area (Å²) in [7, 11) is 0. The highest BCUT2D eigenvalue weighted by molar-refractivity contribution is 9.10.